The summed E-state index contributed by atoms with van der Waals surface area (Å²) in [6.07, 6.45) is 7.58. The number of hydrogen-bond donors (Lipinski definition) is 4. The van der Waals surface area contributed by atoms with Gasteiger partial charge in [-0.3, -0.25) is 9.59 Å². The summed E-state index contributed by atoms with van der Waals surface area (Å²) in [5.74, 6) is -2.51. The van der Waals surface area contributed by atoms with Crippen LogP contribution in [0.2, 0.25) is 0 Å². The number of ether oxygens (including phenoxy) is 1. The lowest BCUT2D eigenvalue weighted by Gasteiger charge is -2.30. The van der Waals surface area contributed by atoms with Crippen LogP contribution in [0.25, 0.3) is 0 Å². The van der Waals surface area contributed by atoms with Crippen LogP contribution in [-0.4, -0.2) is 87.2 Å². The lowest BCUT2D eigenvalue weighted by atomic mass is 10.0. The molecule has 1 aliphatic carbocycles. The predicted molar refractivity (Wildman–Crippen MR) is 165 cm³/mol. The highest BCUT2D eigenvalue weighted by molar-refractivity contribution is 5.96. The topological polar surface area (TPSA) is 157 Å². The molecule has 244 valence electrons. The Morgan fingerprint density at radius 1 is 1.07 bits per heavy atom. The van der Waals surface area contributed by atoms with E-state index in [4.69, 9.17) is 4.74 Å². The van der Waals surface area contributed by atoms with Crippen molar-refractivity contribution in [3.8, 4) is 0 Å². The molecule has 4 N–H and O–H groups in total. The molecule has 5 atom stereocenters. The van der Waals surface area contributed by atoms with Crippen molar-refractivity contribution in [2.45, 2.75) is 108 Å². The van der Waals surface area contributed by atoms with Crippen LogP contribution in [0.4, 0.5) is 9.59 Å². The number of rotatable bonds is 3. The van der Waals surface area contributed by atoms with Crippen LogP contribution >= 0.6 is 0 Å². The van der Waals surface area contributed by atoms with Crippen molar-refractivity contribution in [1.82, 2.24) is 25.8 Å². The highest BCUT2D eigenvalue weighted by atomic mass is 16.6. The van der Waals surface area contributed by atoms with Crippen LogP contribution in [0.3, 0.4) is 0 Å². The van der Waals surface area contributed by atoms with E-state index in [1.165, 1.54) is 10.5 Å². The van der Waals surface area contributed by atoms with Crippen molar-refractivity contribution in [3.63, 3.8) is 0 Å². The number of urea groups is 1. The van der Waals surface area contributed by atoms with E-state index in [1.807, 2.05) is 30.4 Å². The monoisotopic (exact) mass is 623 g/mol. The second kappa shape index (κ2) is 13.1. The first-order valence-electron chi connectivity index (χ1n) is 16.0. The van der Waals surface area contributed by atoms with Gasteiger partial charge in [-0.2, -0.15) is 0 Å². The van der Waals surface area contributed by atoms with E-state index in [9.17, 15) is 29.1 Å². The summed E-state index contributed by atoms with van der Waals surface area (Å²) in [5.41, 5.74) is 0.0838. The Labute approximate surface area is 263 Å². The Hall–Kier alpha value is -4.09. The Morgan fingerprint density at radius 2 is 1.82 bits per heavy atom. The van der Waals surface area contributed by atoms with E-state index in [0.717, 1.165) is 31.2 Å². The number of carboxylic acids is 1. The minimum atomic E-state index is -1.43. The Kier molecular flexibility index (Phi) is 9.41. The average molecular weight is 624 g/mol. The molecule has 5 amide bonds. The highest BCUT2D eigenvalue weighted by Gasteiger charge is 2.61. The molecule has 1 aromatic rings. The quantitative estimate of drug-likeness (QED) is 0.377. The molecule has 0 bridgehead atoms. The fourth-order valence-electron chi connectivity index (χ4n) is 6.59. The summed E-state index contributed by atoms with van der Waals surface area (Å²) in [4.78, 5) is 69.5. The summed E-state index contributed by atoms with van der Waals surface area (Å²) in [7, 11) is 0. The second-order valence-electron chi connectivity index (χ2n) is 13.7. The van der Waals surface area contributed by atoms with Crippen molar-refractivity contribution >= 4 is 29.9 Å². The number of alkyl carbamates (subject to hydrolysis) is 1. The fourth-order valence-corrected chi connectivity index (χ4v) is 6.59. The zero-order valence-electron chi connectivity index (χ0n) is 26.3. The van der Waals surface area contributed by atoms with Gasteiger partial charge in [-0.1, -0.05) is 49.3 Å². The molecule has 0 radical (unpaired) electrons. The van der Waals surface area contributed by atoms with Crippen LogP contribution in [0, 0.1) is 5.92 Å². The molecule has 12 nitrogen and oxygen atoms in total. The van der Waals surface area contributed by atoms with Crippen molar-refractivity contribution in [3.05, 3.63) is 47.5 Å². The summed E-state index contributed by atoms with van der Waals surface area (Å²) >= 11 is 0. The van der Waals surface area contributed by atoms with Crippen LogP contribution < -0.4 is 16.0 Å². The predicted octanol–water partition coefficient (Wildman–Crippen LogP) is 3.10. The smallest absolute Gasteiger partial charge is 0.408 e. The average Bonchev–Trinajstić information content (AvgIpc) is 3.51. The molecule has 5 rings (SSSR count). The Bertz CT molecular complexity index is 1360. The molecule has 0 spiro atoms. The molecule has 0 aromatic heterocycles. The molecule has 1 saturated carbocycles. The van der Waals surface area contributed by atoms with Crippen LogP contribution in [0.5, 0.6) is 0 Å². The number of carbonyl (C=O) groups excluding carboxylic acids is 4. The number of nitrogens with zero attached hydrogens (tertiary/aromatic N) is 2. The van der Waals surface area contributed by atoms with Gasteiger partial charge in [0.25, 0.3) is 0 Å². The molecule has 3 heterocycles. The minimum absolute atomic E-state index is 0.0446. The first-order chi connectivity index (χ1) is 21.4. The van der Waals surface area contributed by atoms with Gasteiger partial charge < -0.3 is 35.6 Å². The number of carboxylic acid groups (broad SMARTS) is 1. The molecule has 1 saturated heterocycles. The largest absolute Gasteiger partial charge is 0.479 e. The molecule has 4 aliphatic rings. The zero-order chi connectivity index (χ0) is 32.4. The first-order valence-corrected chi connectivity index (χ1v) is 16.0. The van der Waals surface area contributed by atoms with E-state index < -0.39 is 53.1 Å². The van der Waals surface area contributed by atoms with E-state index in [2.05, 4.69) is 22.0 Å². The number of carbonyl (C=O) groups is 5. The van der Waals surface area contributed by atoms with Crippen molar-refractivity contribution in [1.29, 1.82) is 0 Å². The van der Waals surface area contributed by atoms with E-state index in [-0.39, 0.29) is 31.3 Å². The van der Waals surface area contributed by atoms with Crippen LogP contribution in [0.1, 0.15) is 76.8 Å². The molecule has 0 unspecified atom stereocenters. The number of nitrogens with one attached hydrogen (secondary N) is 3. The standard InChI is InChI=1S/C33H45N5O7/c1-32(2,3)45-31(44)35-25-14-8-6-4-5-7-13-23-18-33(23,29(41)42)36-27(39)26-17-24(20-38(26)28(25)40)34-30(43)37-16-15-21-11-9-10-12-22(21)19-37/h7,9-13,23-26H,4-6,8,14-20H2,1-3H3,(H,34,43)(H,35,44)(H,36,39)(H,41,42)/t23-,24-,25+,26+,33-/m1/s1. The van der Waals surface area contributed by atoms with Crippen molar-refractivity contribution in [2.75, 3.05) is 13.1 Å². The van der Waals surface area contributed by atoms with Gasteiger partial charge in [0, 0.05) is 25.6 Å². The molecule has 1 aromatic carbocycles. The van der Waals surface area contributed by atoms with Gasteiger partial charge in [-0.05, 0) is 70.4 Å². The molecular weight excluding hydrogens is 578 g/mol. The summed E-state index contributed by atoms with van der Waals surface area (Å²) in [5, 5.41) is 18.5. The second-order valence-corrected chi connectivity index (χ2v) is 13.7. The summed E-state index contributed by atoms with van der Waals surface area (Å²) in [6.45, 7) is 6.24. The Morgan fingerprint density at radius 3 is 2.56 bits per heavy atom. The maximum atomic E-state index is 14.1. The van der Waals surface area contributed by atoms with Crippen molar-refractivity contribution in [2.24, 2.45) is 5.92 Å². The van der Waals surface area contributed by atoms with Gasteiger partial charge in [-0.15, -0.1) is 0 Å². The number of fused-ring (bicyclic) bond motifs is 3. The molecular formula is C33H45N5O7. The number of benzene rings is 1. The third kappa shape index (κ3) is 7.59. The van der Waals surface area contributed by atoms with Crippen LogP contribution in [0.15, 0.2) is 36.4 Å². The summed E-state index contributed by atoms with van der Waals surface area (Å²) in [6, 6.07) is 5.16. The van der Waals surface area contributed by atoms with Gasteiger partial charge in [0.15, 0.2) is 0 Å². The lowest BCUT2D eigenvalue weighted by Crippen LogP contribution is -2.56. The minimum Gasteiger partial charge on any atom is -0.479 e. The normalized spacial score (nSPS) is 28.8. The lowest BCUT2D eigenvalue weighted by molar-refractivity contribution is -0.145. The van der Waals surface area contributed by atoms with E-state index >= 15 is 0 Å². The highest BCUT2D eigenvalue weighted by Crippen LogP contribution is 2.45. The number of allylic oxidation sites excluding steroid dienone is 1. The molecule has 2 fully saturated rings. The van der Waals surface area contributed by atoms with Crippen molar-refractivity contribution < 1.29 is 33.8 Å². The summed E-state index contributed by atoms with van der Waals surface area (Å²) < 4.78 is 5.44. The maximum Gasteiger partial charge on any atom is 0.408 e. The zero-order valence-corrected chi connectivity index (χ0v) is 26.3. The Balaban J connectivity index is 1.36. The number of hydrogen-bond acceptors (Lipinski definition) is 6. The van der Waals surface area contributed by atoms with E-state index in [0.29, 0.717) is 25.9 Å². The molecule has 45 heavy (non-hydrogen) atoms. The first kappa shape index (κ1) is 32.3. The van der Waals surface area contributed by atoms with Gasteiger partial charge >= 0.3 is 18.1 Å². The van der Waals surface area contributed by atoms with Gasteiger partial charge in [0.1, 0.15) is 23.2 Å². The third-order valence-corrected chi connectivity index (χ3v) is 9.10. The third-order valence-electron chi connectivity index (χ3n) is 9.10. The van der Waals surface area contributed by atoms with Gasteiger partial charge in [0.05, 0.1) is 6.04 Å². The fraction of sp³-hybridized carbons (Fsp3) is 0.606. The van der Waals surface area contributed by atoms with E-state index in [1.54, 1.807) is 25.7 Å². The SMILES string of the molecule is CC(C)(C)OC(=O)N[C@H]1CCCCCC=C[C@@H]2C[C@@]2(C(=O)O)NC(=O)[C@@H]2C[C@@H](NC(=O)N3CCc4ccccc4C3)CN2C1=O. The van der Waals surface area contributed by atoms with Gasteiger partial charge in [0.2, 0.25) is 11.8 Å². The van der Waals surface area contributed by atoms with Gasteiger partial charge in [-0.25, -0.2) is 14.4 Å². The van der Waals surface area contributed by atoms with Crippen LogP contribution in [-0.2, 0) is 32.1 Å². The maximum absolute atomic E-state index is 14.1. The number of aliphatic carboxylic acids is 1. The molecule has 3 aliphatic heterocycles. The molecule has 12 heteroatoms. The number of amides is 5.